The smallest absolute Gasteiger partial charge is 0.212 e. The third-order valence-corrected chi connectivity index (χ3v) is 4.65. The fourth-order valence-corrected chi connectivity index (χ4v) is 3.18. The van der Waals surface area contributed by atoms with Gasteiger partial charge in [0.1, 0.15) is 0 Å². The number of rotatable bonds is 4. The Bertz CT molecular complexity index is 969. The lowest BCUT2D eigenvalue weighted by atomic mass is 10.1. The molecule has 0 unspecified atom stereocenters. The molecule has 0 fully saturated rings. The maximum atomic E-state index is 5.95. The van der Waals surface area contributed by atoms with Gasteiger partial charge in [-0.25, -0.2) is 0 Å². The first-order valence-corrected chi connectivity index (χ1v) is 8.67. The molecule has 5 nitrogen and oxygen atoms in total. The first-order chi connectivity index (χ1) is 11.8. The van der Waals surface area contributed by atoms with Gasteiger partial charge in [0.25, 0.3) is 0 Å². The molecule has 0 atom stereocenters. The van der Waals surface area contributed by atoms with Crippen LogP contribution in [-0.2, 0) is 5.75 Å². The van der Waals surface area contributed by atoms with E-state index in [1.807, 2.05) is 54.6 Å². The highest BCUT2D eigenvalue weighted by molar-refractivity contribution is 7.98. The third kappa shape index (κ3) is 3.11. The van der Waals surface area contributed by atoms with Crippen molar-refractivity contribution in [1.82, 2.24) is 24.8 Å². The summed E-state index contributed by atoms with van der Waals surface area (Å²) in [5.41, 5.74) is 3.55. The Balaban J connectivity index is 1.64. The van der Waals surface area contributed by atoms with Crippen molar-refractivity contribution in [2.24, 2.45) is 0 Å². The van der Waals surface area contributed by atoms with E-state index >= 15 is 0 Å². The van der Waals surface area contributed by atoms with Gasteiger partial charge in [0, 0.05) is 22.5 Å². The average Bonchev–Trinajstić information content (AvgIpc) is 3.04. The van der Waals surface area contributed by atoms with Crippen molar-refractivity contribution in [1.29, 1.82) is 0 Å². The molecular weight excluding hydrogens is 342 g/mol. The van der Waals surface area contributed by atoms with Gasteiger partial charge < -0.3 is 0 Å². The molecule has 24 heavy (non-hydrogen) atoms. The zero-order valence-electron chi connectivity index (χ0n) is 12.5. The number of benzene rings is 1. The predicted molar refractivity (Wildman–Crippen MR) is 95.0 cm³/mol. The van der Waals surface area contributed by atoms with Crippen LogP contribution in [0.3, 0.4) is 0 Å². The lowest BCUT2D eigenvalue weighted by Crippen LogP contribution is -1.97. The van der Waals surface area contributed by atoms with Crippen LogP contribution in [-0.4, -0.2) is 24.8 Å². The molecule has 3 aromatic heterocycles. The molecule has 0 aliphatic carbocycles. The van der Waals surface area contributed by atoms with Gasteiger partial charge in [-0.2, -0.15) is 9.61 Å². The Hall–Kier alpha value is -2.44. The third-order valence-electron chi connectivity index (χ3n) is 3.45. The lowest BCUT2D eigenvalue weighted by Gasteiger charge is -2.03. The monoisotopic (exact) mass is 353 g/mol. The number of aromatic nitrogens is 5. The van der Waals surface area contributed by atoms with Crippen molar-refractivity contribution in [3.63, 3.8) is 0 Å². The van der Waals surface area contributed by atoms with E-state index in [2.05, 4.69) is 20.3 Å². The second-order valence-corrected chi connectivity index (χ2v) is 6.47. The van der Waals surface area contributed by atoms with Crippen LogP contribution in [0.15, 0.2) is 66.0 Å². The summed E-state index contributed by atoms with van der Waals surface area (Å²) in [4.78, 5) is 4.32. The van der Waals surface area contributed by atoms with Gasteiger partial charge in [-0.3, -0.25) is 4.98 Å². The summed E-state index contributed by atoms with van der Waals surface area (Å²) in [6.07, 6.45) is 1.79. The normalized spacial score (nSPS) is 11.0. The second-order valence-electron chi connectivity index (χ2n) is 5.09. The van der Waals surface area contributed by atoms with Gasteiger partial charge in [0.15, 0.2) is 5.65 Å². The molecule has 0 radical (unpaired) electrons. The maximum absolute atomic E-state index is 5.95. The molecule has 0 aliphatic heterocycles. The first-order valence-electron chi connectivity index (χ1n) is 7.31. The number of nitrogens with zero attached hydrogens (tertiary/aromatic N) is 5. The van der Waals surface area contributed by atoms with E-state index in [0.29, 0.717) is 10.8 Å². The van der Waals surface area contributed by atoms with Crippen molar-refractivity contribution in [2.45, 2.75) is 10.9 Å². The van der Waals surface area contributed by atoms with Crippen molar-refractivity contribution in [3.05, 3.63) is 71.5 Å². The predicted octanol–water partition coefficient (Wildman–Crippen LogP) is 4.13. The van der Waals surface area contributed by atoms with Crippen LogP contribution in [0.2, 0.25) is 5.02 Å². The Morgan fingerprint density at radius 3 is 2.62 bits per heavy atom. The Kier molecular flexibility index (Phi) is 4.15. The molecular formula is C17H12ClN5S. The number of hydrogen-bond acceptors (Lipinski definition) is 5. The average molecular weight is 354 g/mol. The van der Waals surface area contributed by atoms with E-state index in [1.165, 1.54) is 0 Å². The van der Waals surface area contributed by atoms with Crippen LogP contribution in [0.5, 0.6) is 0 Å². The van der Waals surface area contributed by atoms with Gasteiger partial charge in [0.05, 0.1) is 11.4 Å². The zero-order valence-corrected chi connectivity index (χ0v) is 14.1. The molecule has 0 N–H and O–H groups in total. The molecule has 0 saturated carbocycles. The van der Waals surface area contributed by atoms with Gasteiger partial charge >= 0.3 is 0 Å². The molecule has 0 aliphatic rings. The number of thioether (sulfide) groups is 1. The van der Waals surface area contributed by atoms with Crippen LogP contribution >= 0.6 is 23.4 Å². The number of fused-ring (bicyclic) bond motifs is 1. The van der Waals surface area contributed by atoms with Crippen molar-refractivity contribution in [2.75, 3.05) is 0 Å². The van der Waals surface area contributed by atoms with Gasteiger partial charge in [-0.1, -0.05) is 41.6 Å². The first kappa shape index (κ1) is 15.1. The summed E-state index contributed by atoms with van der Waals surface area (Å²) in [7, 11) is 0. The van der Waals surface area contributed by atoms with Gasteiger partial charge in [0.2, 0.25) is 5.16 Å². The summed E-state index contributed by atoms with van der Waals surface area (Å²) < 4.78 is 1.76. The fraction of sp³-hybridized carbons (Fsp3) is 0.0588. The van der Waals surface area contributed by atoms with E-state index in [-0.39, 0.29) is 0 Å². The molecule has 7 heteroatoms. The minimum absolute atomic E-state index is 0.704. The zero-order chi connectivity index (χ0) is 16.4. The highest BCUT2D eigenvalue weighted by Crippen LogP contribution is 2.23. The molecule has 0 bridgehead atoms. The van der Waals surface area contributed by atoms with Crippen LogP contribution in [0.25, 0.3) is 16.9 Å². The second kappa shape index (κ2) is 6.59. The molecule has 1 aromatic carbocycles. The fourth-order valence-electron chi connectivity index (χ4n) is 2.26. The summed E-state index contributed by atoms with van der Waals surface area (Å²) in [6.45, 7) is 0. The lowest BCUT2D eigenvalue weighted by molar-refractivity contribution is 0.812. The van der Waals surface area contributed by atoms with E-state index in [4.69, 9.17) is 11.6 Å². The highest BCUT2D eigenvalue weighted by Gasteiger charge is 2.10. The SMILES string of the molecule is Clc1ccc(-c2ccc3nnc(SCc4ccccn4)n3n2)cc1. The van der Waals surface area contributed by atoms with Crippen molar-refractivity contribution >= 4 is 29.0 Å². The topological polar surface area (TPSA) is 56.0 Å². The Morgan fingerprint density at radius 1 is 0.958 bits per heavy atom. The van der Waals surface area contributed by atoms with Crippen LogP contribution in [0, 0.1) is 0 Å². The van der Waals surface area contributed by atoms with Gasteiger partial charge in [-0.15, -0.1) is 10.2 Å². The van der Waals surface area contributed by atoms with E-state index < -0.39 is 0 Å². The summed E-state index contributed by atoms with van der Waals surface area (Å²) in [5.74, 6) is 0.717. The standard InChI is InChI=1S/C17H12ClN5S/c18-13-6-4-12(5-7-13)15-8-9-16-20-21-17(23(16)22-15)24-11-14-3-1-2-10-19-14/h1-10H,11H2. The van der Waals surface area contributed by atoms with Crippen LogP contribution in [0.4, 0.5) is 0 Å². The summed E-state index contributed by atoms with van der Waals surface area (Å²) >= 11 is 7.51. The van der Waals surface area contributed by atoms with E-state index in [1.54, 1.807) is 22.5 Å². The minimum atomic E-state index is 0.704. The van der Waals surface area contributed by atoms with Gasteiger partial charge in [-0.05, 0) is 36.4 Å². The number of hydrogen-bond donors (Lipinski definition) is 0. The molecule has 4 aromatic rings. The quantitative estimate of drug-likeness (QED) is 0.516. The molecule has 0 amide bonds. The van der Waals surface area contributed by atoms with Crippen molar-refractivity contribution < 1.29 is 0 Å². The maximum Gasteiger partial charge on any atom is 0.212 e. The largest absolute Gasteiger partial charge is 0.260 e. The molecule has 4 rings (SSSR count). The summed E-state index contributed by atoms with van der Waals surface area (Å²) in [5, 5.41) is 14.5. The van der Waals surface area contributed by atoms with E-state index in [0.717, 1.165) is 27.8 Å². The Morgan fingerprint density at radius 2 is 1.83 bits per heavy atom. The van der Waals surface area contributed by atoms with Crippen LogP contribution < -0.4 is 0 Å². The highest BCUT2D eigenvalue weighted by atomic mass is 35.5. The molecule has 0 spiro atoms. The number of halogens is 1. The Labute approximate surface area is 147 Å². The molecule has 0 saturated heterocycles. The molecule has 3 heterocycles. The minimum Gasteiger partial charge on any atom is -0.260 e. The number of pyridine rings is 1. The summed E-state index contributed by atoms with van der Waals surface area (Å²) in [6, 6.07) is 17.3. The van der Waals surface area contributed by atoms with E-state index in [9.17, 15) is 0 Å². The van der Waals surface area contributed by atoms with Crippen molar-refractivity contribution in [3.8, 4) is 11.3 Å². The van der Waals surface area contributed by atoms with Crippen LogP contribution in [0.1, 0.15) is 5.69 Å². The molecule has 118 valence electrons.